The van der Waals surface area contributed by atoms with E-state index < -0.39 is 12.4 Å². The van der Waals surface area contributed by atoms with Crippen molar-refractivity contribution in [2.75, 3.05) is 5.88 Å². The number of halogens is 1. The summed E-state index contributed by atoms with van der Waals surface area (Å²) in [5, 5.41) is 24.4. The summed E-state index contributed by atoms with van der Waals surface area (Å²) in [6, 6.07) is 0. The molecule has 1 atom stereocenters. The first-order valence-electron chi connectivity index (χ1n) is 1.78. The zero-order valence-corrected chi connectivity index (χ0v) is 4.34. The van der Waals surface area contributed by atoms with E-state index in [9.17, 15) is 0 Å². The number of alkyl halides is 1. The van der Waals surface area contributed by atoms with Gasteiger partial charge in [0.05, 0.1) is 5.88 Å². The second kappa shape index (κ2) is 3.21. The average molecular weight is 127 g/mol. The summed E-state index contributed by atoms with van der Waals surface area (Å²) in [7, 11) is 0. The third-order valence-electron chi connectivity index (χ3n) is 0.502. The molecule has 0 aromatic rings. The van der Waals surface area contributed by atoms with Gasteiger partial charge in [0.1, 0.15) is 6.10 Å². The molecule has 0 aliphatic rings. The minimum Gasteiger partial charge on any atom is -0.387 e. The van der Waals surface area contributed by atoms with Gasteiger partial charge in [0.2, 0.25) is 0 Å². The highest BCUT2D eigenvalue weighted by molar-refractivity contribution is 6.18. The minimum atomic E-state index is -1.71. The highest BCUT2D eigenvalue weighted by Crippen LogP contribution is 1.90. The monoisotopic (exact) mass is 126 g/mol. The molecule has 3 N–H and O–H groups in total. The van der Waals surface area contributed by atoms with Crippen molar-refractivity contribution >= 4 is 11.6 Å². The Kier molecular flexibility index (Phi) is 3.29. The Morgan fingerprint density at radius 1 is 1.29 bits per heavy atom. The number of rotatable bonds is 2. The Morgan fingerprint density at radius 2 is 1.71 bits per heavy atom. The molecule has 0 saturated heterocycles. The van der Waals surface area contributed by atoms with Gasteiger partial charge in [-0.15, -0.1) is 11.6 Å². The van der Waals surface area contributed by atoms with E-state index in [-0.39, 0.29) is 5.88 Å². The van der Waals surface area contributed by atoms with Gasteiger partial charge < -0.3 is 15.3 Å². The van der Waals surface area contributed by atoms with Crippen molar-refractivity contribution < 1.29 is 15.3 Å². The molecule has 0 spiro atoms. The Labute approximate surface area is 46.2 Å². The van der Waals surface area contributed by atoms with Crippen LogP contribution in [0.4, 0.5) is 0 Å². The highest BCUT2D eigenvalue weighted by Gasteiger charge is 2.08. The zero-order valence-electron chi connectivity index (χ0n) is 3.58. The van der Waals surface area contributed by atoms with Crippen LogP contribution in [0.3, 0.4) is 0 Å². The molecular formula is C3H7ClO3. The highest BCUT2D eigenvalue weighted by atomic mass is 35.5. The van der Waals surface area contributed by atoms with Crippen LogP contribution in [0.15, 0.2) is 0 Å². The van der Waals surface area contributed by atoms with Gasteiger partial charge in [-0.1, -0.05) is 0 Å². The lowest BCUT2D eigenvalue weighted by molar-refractivity contribution is -0.113. The number of aliphatic hydroxyl groups excluding tert-OH is 2. The topological polar surface area (TPSA) is 60.7 Å². The molecule has 0 radical (unpaired) electrons. The molecule has 0 aliphatic carbocycles. The molecule has 0 saturated carbocycles. The van der Waals surface area contributed by atoms with Gasteiger partial charge in [0.25, 0.3) is 0 Å². The molecule has 0 aliphatic heterocycles. The van der Waals surface area contributed by atoms with Gasteiger partial charge in [-0.05, 0) is 0 Å². The van der Waals surface area contributed by atoms with Gasteiger partial charge in [-0.2, -0.15) is 0 Å². The summed E-state index contributed by atoms with van der Waals surface area (Å²) < 4.78 is 0. The molecule has 0 heterocycles. The zero-order chi connectivity index (χ0) is 5.86. The summed E-state index contributed by atoms with van der Waals surface area (Å²) in [5.41, 5.74) is 0. The average Bonchev–Trinajstić information content (AvgIpc) is 1.65. The van der Waals surface area contributed by atoms with Crippen LogP contribution in [0.5, 0.6) is 0 Å². The number of aliphatic hydroxyl groups is 3. The standard InChI is InChI=1S/C3H7ClO3/c4-1-2(5)3(6)7/h2-3,5-7H,1H2. The van der Waals surface area contributed by atoms with E-state index in [1.54, 1.807) is 0 Å². The summed E-state index contributed by atoms with van der Waals surface area (Å²) in [6.07, 6.45) is -2.93. The van der Waals surface area contributed by atoms with Gasteiger partial charge in [0, 0.05) is 0 Å². The van der Waals surface area contributed by atoms with Crippen LogP contribution in [0.25, 0.3) is 0 Å². The van der Waals surface area contributed by atoms with Gasteiger partial charge in [-0.25, -0.2) is 0 Å². The maximum atomic E-state index is 8.30. The first-order chi connectivity index (χ1) is 3.18. The molecule has 4 heteroatoms. The fourth-order valence-electron chi connectivity index (χ4n) is 0.0797. The molecular weight excluding hydrogens is 119 g/mol. The van der Waals surface area contributed by atoms with Crippen molar-refractivity contribution in [1.29, 1.82) is 0 Å². The van der Waals surface area contributed by atoms with Gasteiger partial charge in [-0.3, -0.25) is 0 Å². The normalized spacial score (nSPS) is 15.0. The van der Waals surface area contributed by atoms with Crippen molar-refractivity contribution in [3.05, 3.63) is 0 Å². The molecule has 7 heavy (non-hydrogen) atoms. The fourth-order valence-corrected chi connectivity index (χ4v) is 0.239. The van der Waals surface area contributed by atoms with Crippen LogP contribution in [-0.4, -0.2) is 33.6 Å². The van der Waals surface area contributed by atoms with Crippen LogP contribution < -0.4 is 0 Å². The van der Waals surface area contributed by atoms with Crippen molar-refractivity contribution in [3.63, 3.8) is 0 Å². The molecule has 0 rings (SSSR count). The van der Waals surface area contributed by atoms with E-state index in [1.807, 2.05) is 0 Å². The predicted octanol–water partition coefficient (Wildman–Crippen LogP) is -1.10. The van der Waals surface area contributed by atoms with Crippen molar-refractivity contribution in [1.82, 2.24) is 0 Å². The third kappa shape index (κ3) is 2.82. The summed E-state index contributed by atoms with van der Waals surface area (Å²) in [6.45, 7) is 0. The Balaban J connectivity index is 3.14. The van der Waals surface area contributed by atoms with Crippen LogP contribution in [0.1, 0.15) is 0 Å². The minimum absolute atomic E-state index is 0.155. The quantitative estimate of drug-likeness (QED) is 0.325. The van der Waals surface area contributed by atoms with E-state index >= 15 is 0 Å². The number of hydrogen-bond donors (Lipinski definition) is 3. The first kappa shape index (κ1) is 7.17. The lowest BCUT2D eigenvalue weighted by Crippen LogP contribution is -2.26. The summed E-state index contributed by atoms with van der Waals surface area (Å²) in [5.74, 6) is -0.155. The molecule has 0 bridgehead atoms. The van der Waals surface area contributed by atoms with E-state index in [1.165, 1.54) is 0 Å². The molecule has 0 fully saturated rings. The number of hydrogen-bond acceptors (Lipinski definition) is 3. The van der Waals surface area contributed by atoms with E-state index in [0.717, 1.165) is 0 Å². The van der Waals surface area contributed by atoms with Crippen molar-refractivity contribution in [2.24, 2.45) is 0 Å². The molecule has 3 nitrogen and oxygen atoms in total. The summed E-state index contributed by atoms with van der Waals surface area (Å²) in [4.78, 5) is 0. The van der Waals surface area contributed by atoms with E-state index in [0.29, 0.717) is 0 Å². The lowest BCUT2D eigenvalue weighted by Gasteiger charge is -2.06. The Hall–Kier alpha value is 0.170. The predicted molar refractivity (Wildman–Crippen MR) is 25.0 cm³/mol. The summed E-state index contributed by atoms with van der Waals surface area (Å²) >= 11 is 4.98. The SMILES string of the molecule is OC(O)C(O)CCl. The van der Waals surface area contributed by atoms with Gasteiger partial charge >= 0.3 is 0 Å². The maximum absolute atomic E-state index is 8.30. The van der Waals surface area contributed by atoms with Crippen LogP contribution in [0, 0.1) is 0 Å². The molecule has 1 unspecified atom stereocenters. The Bertz CT molecular complexity index is 47.4. The van der Waals surface area contributed by atoms with Crippen LogP contribution in [-0.2, 0) is 0 Å². The fraction of sp³-hybridized carbons (Fsp3) is 1.00. The van der Waals surface area contributed by atoms with Crippen LogP contribution in [0.2, 0.25) is 0 Å². The maximum Gasteiger partial charge on any atom is 0.179 e. The molecule has 0 aromatic carbocycles. The van der Waals surface area contributed by atoms with E-state index in [4.69, 9.17) is 26.9 Å². The molecule has 0 aromatic heterocycles. The largest absolute Gasteiger partial charge is 0.387 e. The third-order valence-corrected chi connectivity index (χ3v) is 0.818. The van der Waals surface area contributed by atoms with Crippen molar-refractivity contribution in [2.45, 2.75) is 12.4 Å². The smallest absolute Gasteiger partial charge is 0.179 e. The van der Waals surface area contributed by atoms with Crippen LogP contribution >= 0.6 is 11.6 Å². The molecule has 0 amide bonds. The first-order valence-corrected chi connectivity index (χ1v) is 2.32. The lowest BCUT2D eigenvalue weighted by atomic mass is 10.4. The second-order valence-corrected chi connectivity index (χ2v) is 1.44. The second-order valence-electron chi connectivity index (χ2n) is 1.14. The van der Waals surface area contributed by atoms with Crippen molar-refractivity contribution in [3.8, 4) is 0 Å². The van der Waals surface area contributed by atoms with Gasteiger partial charge in [0.15, 0.2) is 6.29 Å². The Morgan fingerprint density at radius 3 is 1.71 bits per heavy atom. The van der Waals surface area contributed by atoms with E-state index in [2.05, 4.69) is 0 Å². The molecule has 44 valence electrons.